The first kappa shape index (κ1) is 24.8. The van der Waals surface area contributed by atoms with Crippen molar-refractivity contribution in [2.24, 2.45) is 0 Å². The first-order chi connectivity index (χ1) is 14.7. The lowest BCUT2D eigenvalue weighted by atomic mass is 10.2. The topological polar surface area (TPSA) is 57.0 Å². The lowest BCUT2D eigenvalue weighted by Gasteiger charge is -2.39. The number of halogens is 3. The van der Waals surface area contributed by atoms with Crippen LogP contribution in [-0.4, -0.2) is 36.0 Å². The Bertz CT molecular complexity index is 1080. The van der Waals surface area contributed by atoms with Gasteiger partial charge in [0.05, 0.1) is 12.2 Å². The van der Waals surface area contributed by atoms with Crippen molar-refractivity contribution in [1.29, 1.82) is 0 Å². The molecule has 10 heteroatoms. The van der Waals surface area contributed by atoms with Gasteiger partial charge in [0.2, 0.25) is 0 Å². The zero-order valence-corrected chi connectivity index (χ0v) is 20.6. The van der Waals surface area contributed by atoms with Crippen molar-refractivity contribution in [3.8, 4) is 5.75 Å². The largest absolute Gasteiger partial charge is 0.481 e. The van der Waals surface area contributed by atoms with Gasteiger partial charge in [0, 0.05) is 6.07 Å². The Morgan fingerprint density at radius 2 is 1.66 bits per heavy atom. The van der Waals surface area contributed by atoms with E-state index in [-0.39, 0.29) is 28.2 Å². The Labute approximate surface area is 188 Å². The second-order valence-electron chi connectivity index (χ2n) is 9.44. The third-order valence-electron chi connectivity index (χ3n) is 6.19. The zero-order valence-electron chi connectivity index (χ0n) is 18.8. The van der Waals surface area contributed by atoms with Crippen LogP contribution in [0.5, 0.6) is 5.75 Å². The molecule has 1 N–H and O–H groups in total. The number of rotatable bonds is 5. The number of hydrogen-bond acceptors (Lipinski definition) is 4. The van der Waals surface area contributed by atoms with Crippen molar-refractivity contribution in [3.05, 3.63) is 54.1 Å². The van der Waals surface area contributed by atoms with Crippen LogP contribution in [0.4, 0.5) is 18.9 Å². The maximum absolute atomic E-state index is 13.7. The number of sulfonamides is 1. The fraction of sp³-hybridized carbons (Fsp3) is 0.455. The van der Waals surface area contributed by atoms with Crippen molar-refractivity contribution < 1.29 is 35.1 Å². The third kappa shape index (κ3) is 4.73. The molecule has 0 radical (unpaired) electrons. The molecule has 1 aliphatic rings. The lowest BCUT2D eigenvalue weighted by molar-refractivity contribution is -0.732. The van der Waals surface area contributed by atoms with Gasteiger partial charge in [-0.3, -0.25) is 0 Å². The van der Waals surface area contributed by atoms with Gasteiger partial charge in [0.25, 0.3) is 0 Å². The van der Waals surface area contributed by atoms with Crippen LogP contribution in [-0.2, 0) is 20.6 Å². The average molecular weight is 489 g/mol. The summed E-state index contributed by atoms with van der Waals surface area (Å²) < 4.78 is 80.3. The third-order valence-corrected chi connectivity index (χ3v) is 12.8. The highest BCUT2D eigenvalue weighted by Gasteiger charge is 2.48. The predicted octanol–water partition coefficient (Wildman–Crippen LogP) is 4.39. The van der Waals surface area contributed by atoms with Gasteiger partial charge < -0.3 is 9.16 Å². The minimum absolute atomic E-state index is 0.00832. The highest BCUT2D eigenvalue weighted by Crippen LogP contribution is 2.37. The summed E-state index contributed by atoms with van der Waals surface area (Å²) in [6, 6.07) is 10.1. The molecule has 0 spiro atoms. The van der Waals surface area contributed by atoms with Crippen molar-refractivity contribution in [1.82, 2.24) is 0 Å². The van der Waals surface area contributed by atoms with Gasteiger partial charge in [-0.05, 0) is 36.3 Å². The predicted molar refractivity (Wildman–Crippen MR) is 118 cm³/mol. The van der Waals surface area contributed by atoms with Gasteiger partial charge in [-0.25, -0.2) is 0 Å². The van der Waals surface area contributed by atoms with Gasteiger partial charge in [-0.2, -0.15) is 25.9 Å². The Balaban J connectivity index is 2.09. The van der Waals surface area contributed by atoms with Crippen LogP contribution in [0.3, 0.4) is 0 Å². The van der Waals surface area contributed by atoms with Gasteiger partial charge in [0.15, 0.2) is 25.8 Å². The lowest BCUT2D eigenvalue weighted by Crippen LogP contribution is -3.15. The maximum Gasteiger partial charge on any atom is 0.417 e. The number of ether oxygens (including phenoxy) is 1. The van der Waals surface area contributed by atoms with E-state index < -0.39 is 41.0 Å². The molecule has 3 rings (SSSR count). The van der Waals surface area contributed by atoms with E-state index in [0.717, 1.165) is 12.1 Å². The zero-order chi connectivity index (χ0) is 23.9. The molecule has 5 nitrogen and oxygen atoms in total. The molecular formula is C22H29F3NO4SSi+. The van der Waals surface area contributed by atoms with Crippen molar-refractivity contribution >= 4 is 24.0 Å². The SMILES string of the molecule is CC(C)(C)[Si](C)(C)OCC1COc2ccccc2[NH+]1S(=O)(=O)c1ccccc1C(F)(F)F. The maximum atomic E-state index is 13.7. The standard InChI is InChI=1S/C22H28F3NO4SSi/c1-21(2,3)32(4,5)30-15-16-14-29-19-12-8-7-11-18(19)26(16)31(27,28)20-13-9-6-10-17(20)22(23,24)25/h6-13,16H,14-15H2,1-5H3/p+1. The minimum atomic E-state index is -4.80. The van der Waals surface area contributed by atoms with E-state index in [2.05, 4.69) is 20.8 Å². The summed E-state index contributed by atoms with van der Waals surface area (Å²) in [5.74, 6) is 0.333. The first-order valence-corrected chi connectivity index (χ1v) is 14.7. The quantitative estimate of drug-likeness (QED) is 0.634. The molecule has 1 aliphatic heterocycles. The summed E-state index contributed by atoms with van der Waals surface area (Å²) in [6.07, 6.45) is -4.80. The molecule has 2 unspecified atom stereocenters. The molecule has 0 amide bonds. The Hall–Kier alpha value is -1.88. The molecule has 0 aliphatic carbocycles. The molecule has 0 saturated carbocycles. The number of nitrogens with one attached hydrogen (secondary N) is 1. The summed E-state index contributed by atoms with van der Waals surface area (Å²) in [4.78, 5) is -0.753. The van der Waals surface area contributed by atoms with Gasteiger partial charge >= 0.3 is 16.2 Å². The summed E-state index contributed by atoms with van der Waals surface area (Å²) >= 11 is 0. The van der Waals surface area contributed by atoms with Gasteiger partial charge in [-0.15, -0.1) is 0 Å². The number of alkyl halides is 3. The van der Waals surface area contributed by atoms with E-state index in [4.69, 9.17) is 9.16 Å². The highest BCUT2D eigenvalue weighted by molar-refractivity contribution is 7.85. The fourth-order valence-corrected chi connectivity index (χ4v) is 6.40. The van der Waals surface area contributed by atoms with Gasteiger partial charge in [0.1, 0.15) is 11.5 Å². The molecular weight excluding hydrogens is 459 g/mol. The first-order valence-electron chi connectivity index (χ1n) is 10.3. The number of fused-ring (bicyclic) bond motifs is 1. The molecule has 2 atom stereocenters. The normalized spacial score (nSPS) is 19.9. The monoisotopic (exact) mass is 488 g/mol. The van der Waals surface area contributed by atoms with Crippen molar-refractivity contribution in [3.63, 3.8) is 0 Å². The van der Waals surface area contributed by atoms with Crippen LogP contribution >= 0.6 is 0 Å². The molecule has 0 fully saturated rings. The molecule has 0 saturated heterocycles. The Morgan fingerprint density at radius 3 is 2.28 bits per heavy atom. The summed E-state index contributed by atoms with van der Waals surface area (Å²) in [5.41, 5.74) is -0.903. The molecule has 32 heavy (non-hydrogen) atoms. The summed E-state index contributed by atoms with van der Waals surface area (Å²) in [7, 11) is -6.72. The van der Waals surface area contributed by atoms with Crippen LogP contribution in [0.15, 0.2) is 53.4 Å². The number of quaternary nitrogens is 1. The van der Waals surface area contributed by atoms with E-state index in [1.165, 1.54) is 12.1 Å². The second kappa shape index (κ2) is 8.47. The Morgan fingerprint density at radius 1 is 1.06 bits per heavy atom. The minimum Gasteiger partial charge on any atom is -0.481 e. The van der Waals surface area contributed by atoms with E-state index >= 15 is 0 Å². The van der Waals surface area contributed by atoms with Crippen LogP contribution in [0.1, 0.15) is 26.3 Å². The van der Waals surface area contributed by atoms with Crippen LogP contribution in [0.25, 0.3) is 0 Å². The molecule has 2 aromatic rings. The fourth-order valence-electron chi connectivity index (χ4n) is 3.35. The van der Waals surface area contributed by atoms with E-state index in [0.29, 0.717) is 5.75 Å². The van der Waals surface area contributed by atoms with Crippen LogP contribution in [0.2, 0.25) is 18.1 Å². The summed E-state index contributed by atoms with van der Waals surface area (Å²) in [5, 5.41) is -0.109. The molecule has 176 valence electrons. The molecule has 0 bridgehead atoms. The number of benzene rings is 2. The van der Waals surface area contributed by atoms with Gasteiger partial charge in [-0.1, -0.05) is 45.0 Å². The van der Waals surface area contributed by atoms with Crippen LogP contribution < -0.4 is 9.04 Å². The van der Waals surface area contributed by atoms with Crippen LogP contribution in [0, 0.1) is 0 Å². The molecule has 1 heterocycles. The smallest absolute Gasteiger partial charge is 0.417 e. The second-order valence-corrected chi connectivity index (χ2v) is 16.1. The van der Waals surface area contributed by atoms with E-state index in [1.807, 2.05) is 13.1 Å². The van der Waals surface area contributed by atoms with E-state index in [1.54, 1.807) is 24.3 Å². The Kier molecular flexibility index (Phi) is 6.56. The molecule has 0 aromatic heterocycles. The van der Waals surface area contributed by atoms with Crippen molar-refractivity contribution in [2.45, 2.75) is 56.0 Å². The van der Waals surface area contributed by atoms with E-state index in [9.17, 15) is 21.6 Å². The van der Waals surface area contributed by atoms with Crippen molar-refractivity contribution in [2.75, 3.05) is 13.2 Å². The number of para-hydroxylation sites is 2. The average Bonchev–Trinajstić information content (AvgIpc) is 2.70. The molecule has 2 aromatic carbocycles. The highest BCUT2D eigenvalue weighted by atomic mass is 32.2. The summed E-state index contributed by atoms with van der Waals surface area (Å²) in [6.45, 7) is 10.3. The number of hydrogen-bond donors (Lipinski definition) is 1.